The predicted molar refractivity (Wildman–Crippen MR) is 57.0 cm³/mol. The minimum absolute atomic E-state index is 0.0602. The maximum Gasteiger partial charge on any atom is 0.256 e. The average molecular weight is 230 g/mol. The molecule has 15 heavy (non-hydrogen) atoms. The van der Waals surface area contributed by atoms with E-state index < -0.39 is 10.0 Å². The molecule has 0 saturated carbocycles. The first-order valence-corrected chi connectivity index (χ1v) is 5.78. The largest absolute Gasteiger partial charge is 0.495 e. The lowest BCUT2D eigenvalue weighted by atomic mass is 10.1. The minimum atomic E-state index is -3.68. The zero-order chi connectivity index (χ0) is 11.6. The molecule has 0 heterocycles. The Morgan fingerprint density at radius 3 is 2.40 bits per heavy atom. The molecule has 0 atom stereocenters. The van der Waals surface area contributed by atoms with Crippen LogP contribution in [0, 0.1) is 13.8 Å². The number of nitrogens with one attached hydrogen (secondary N) is 1. The number of rotatable bonds is 3. The summed E-state index contributed by atoms with van der Waals surface area (Å²) in [5, 5.41) is 0. The Hall–Kier alpha value is -1.11. The number of hydrazine groups is 1. The van der Waals surface area contributed by atoms with E-state index in [4.69, 9.17) is 10.6 Å². The molecule has 1 aromatic rings. The SMILES string of the molecule is COc1c(C)cc(C)cc1S(=O)(=O)NN. The molecule has 1 rings (SSSR count). The van der Waals surface area contributed by atoms with Crippen LogP contribution >= 0.6 is 0 Å². The zero-order valence-electron chi connectivity index (χ0n) is 8.87. The second-order valence-electron chi connectivity index (χ2n) is 3.23. The standard InChI is InChI=1S/C9H14N2O3S/c1-6-4-7(2)9(14-3)8(5-6)15(12,13)11-10/h4-5,11H,10H2,1-3H3. The summed E-state index contributed by atoms with van der Waals surface area (Å²) in [4.78, 5) is 1.84. The van der Waals surface area contributed by atoms with Crippen LogP contribution in [0.25, 0.3) is 0 Å². The first kappa shape index (κ1) is 12.0. The van der Waals surface area contributed by atoms with Gasteiger partial charge in [0.05, 0.1) is 7.11 Å². The highest BCUT2D eigenvalue weighted by Gasteiger charge is 2.19. The fourth-order valence-electron chi connectivity index (χ4n) is 1.44. The van der Waals surface area contributed by atoms with Gasteiger partial charge in [-0.25, -0.2) is 8.42 Å². The number of hydrogen-bond acceptors (Lipinski definition) is 4. The van der Waals surface area contributed by atoms with Gasteiger partial charge in [-0.15, -0.1) is 4.83 Å². The summed E-state index contributed by atoms with van der Waals surface area (Å²) < 4.78 is 28.2. The monoisotopic (exact) mass is 230 g/mol. The van der Waals surface area contributed by atoms with E-state index in [1.54, 1.807) is 11.8 Å². The molecule has 0 aliphatic heterocycles. The molecular weight excluding hydrogens is 216 g/mol. The van der Waals surface area contributed by atoms with Crippen molar-refractivity contribution in [3.8, 4) is 5.75 Å². The van der Waals surface area contributed by atoms with Crippen molar-refractivity contribution in [2.45, 2.75) is 18.7 Å². The lowest BCUT2D eigenvalue weighted by molar-refractivity contribution is 0.399. The Kier molecular flexibility index (Phi) is 3.33. The highest BCUT2D eigenvalue weighted by atomic mass is 32.2. The topological polar surface area (TPSA) is 81.4 Å². The average Bonchev–Trinajstić information content (AvgIpc) is 2.16. The molecule has 84 valence electrons. The van der Waals surface area contributed by atoms with Gasteiger partial charge >= 0.3 is 0 Å². The first-order valence-electron chi connectivity index (χ1n) is 4.30. The van der Waals surface area contributed by atoms with Gasteiger partial charge in [0.25, 0.3) is 10.0 Å². The van der Waals surface area contributed by atoms with Crippen LogP contribution in [0.2, 0.25) is 0 Å². The summed E-state index contributed by atoms with van der Waals surface area (Å²) in [5.74, 6) is 5.29. The van der Waals surface area contributed by atoms with Gasteiger partial charge in [0, 0.05) is 0 Å². The van der Waals surface area contributed by atoms with Crippen molar-refractivity contribution in [2.24, 2.45) is 5.84 Å². The van der Waals surface area contributed by atoms with Crippen molar-refractivity contribution in [1.29, 1.82) is 0 Å². The maximum atomic E-state index is 11.6. The molecule has 5 nitrogen and oxygen atoms in total. The number of sulfonamides is 1. The van der Waals surface area contributed by atoms with E-state index in [0.29, 0.717) is 5.75 Å². The normalized spacial score (nSPS) is 11.5. The maximum absolute atomic E-state index is 11.6. The van der Waals surface area contributed by atoms with E-state index in [1.807, 2.05) is 13.0 Å². The van der Waals surface area contributed by atoms with Gasteiger partial charge in [-0.3, -0.25) is 5.84 Å². The summed E-state index contributed by atoms with van der Waals surface area (Å²) in [6.45, 7) is 3.59. The van der Waals surface area contributed by atoms with Crippen molar-refractivity contribution in [3.05, 3.63) is 23.3 Å². The van der Waals surface area contributed by atoms with Gasteiger partial charge in [-0.2, -0.15) is 0 Å². The van der Waals surface area contributed by atoms with Gasteiger partial charge < -0.3 is 4.74 Å². The summed E-state index contributed by atoms with van der Waals surface area (Å²) in [5.41, 5.74) is 1.59. The summed E-state index contributed by atoms with van der Waals surface area (Å²) in [7, 11) is -2.26. The molecule has 0 radical (unpaired) electrons. The lowest BCUT2D eigenvalue weighted by Crippen LogP contribution is -2.30. The molecule has 0 saturated heterocycles. The molecular formula is C9H14N2O3S. The number of methoxy groups -OCH3 is 1. The van der Waals surface area contributed by atoms with Crippen LogP contribution in [-0.2, 0) is 10.0 Å². The van der Waals surface area contributed by atoms with Gasteiger partial charge in [0.1, 0.15) is 10.6 Å². The quantitative estimate of drug-likeness (QED) is 0.584. The Labute approximate surface area is 89.3 Å². The molecule has 0 aromatic heterocycles. The van der Waals surface area contributed by atoms with E-state index >= 15 is 0 Å². The first-order chi connectivity index (χ1) is 6.92. The Balaban J connectivity index is 3.53. The van der Waals surface area contributed by atoms with E-state index in [-0.39, 0.29) is 4.90 Å². The second-order valence-corrected chi connectivity index (χ2v) is 4.92. The van der Waals surface area contributed by atoms with Crippen LogP contribution in [0.3, 0.4) is 0 Å². The molecule has 0 fully saturated rings. The van der Waals surface area contributed by atoms with E-state index in [9.17, 15) is 8.42 Å². The van der Waals surface area contributed by atoms with E-state index in [2.05, 4.69) is 0 Å². The summed E-state index contributed by atoms with van der Waals surface area (Å²) in [6.07, 6.45) is 0. The van der Waals surface area contributed by atoms with Crippen LogP contribution in [0.1, 0.15) is 11.1 Å². The zero-order valence-corrected chi connectivity index (χ0v) is 9.68. The van der Waals surface area contributed by atoms with Gasteiger partial charge in [0.2, 0.25) is 0 Å². The second kappa shape index (κ2) is 4.18. The van der Waals surface area contributed by atoms with Gasteiger partial charge in [0.15, 0.2) is 0 Å². The molecule has 0 amide bonds. The Morgan fingerprint density at radius 1 is 1.33 bits per heavy atom. The number of benzene rings is 1. The van der Waals surface area contributed by atoms with Gasteiger partial charge in [-0.1, -0.05) is 6.07 Å². The molecule has 0 spiro atoms. The van der Waals surface area contributed by atoms with Crippen molar-refractivity contribution >= 4 is 10.0 Å². The fraction of sp³-hybridized carbons (Fsp3) is 0.333. The minimum Gasteiger partial charge on any atom is -0.495 e. The lowest BCUT2D eigenvalue weighted by Gasteiger charge is -2.12. The van der Waals surface area contributed by atoms with Gasteiger partial charge in [-0.05, 0) is 31.0 Å². The molecule has 3 N–H and O–H groups in total. The van der Waals surface area contributed by atoms with Crippen LogP contribution < -0.4 is 15.4 Å². The van der Waals surface area contributed by atoms with E-state index in [1.165, 1.54) is 13.2 Å². The third-order valence-electron chi connectivity index (χ3n) is 2.03. The third kappa shape index (κ3) is 2.28. The third-order valence-corrected chi connectivity index (χ3v) is 3.23. The number of ether oxygens (including phenoxy) is 1. The van der Waals surface area contributed by atoms with E-state index in [0.717, 1.165) is 11.1 Å². The van der Waals surface area contributed by atoms with Crippen molar-refractivity contribution < 1.29 is 13.2 Å². The fourth-order valence-corrected chi connectivity index (χ4v) is 2.40. The predicted octanol–water partition coefficient (Wildman–Crippen LogP) is 0.464. The van der Waals surface area contributed by atoms with Crippen LogP contribution in [0.15, 0.2) is 17.0 Å². The van der Waals surface area contributed by atoms with Crippen molar-refractivity contribution in [2.75, 3.05) is 7.11 Å². The molecule has 1 aromatic carbocycles. The highest BCUT2D eigenvalue weighted by Crippen LogP contribution is 2.28. The number of aryl methyl sites for hydroxylation is 2. The molecule has 0 aliphatic rings. The van der Waals surface area contributed by atoms with Crippen LogP contribution in [-0.4, -0.2) is 15.5 Å². The van der Waals surface area contributed by atoms with Crippen molar-refractivity contribution in [1.82, 2.24) is 4.83 Å². The molecule has 0 bridgehead atoms. The van der Waals surface area contributed by atoms with Crippen molar-refractivity contribution in [3.63, 3.8) is 0 Å². The Bertz CT molecular complexity index is 468. The summed E-state index contributed by atoms with van der Waals surface area (Å²) in [6, 6.07) is 3.36. The molecule has 0 unspecified atom stereocenters. The number of hydrogen-bond donors (Lipinski definition) is 2. The summed E-state index contributed by atoms with van der Waals surface area (Å²) >= 11 is 0. The Morgan fingerprint density at radius 2 is 1.93 bits per heavy atom. The molecule has 6 heteroatoms. The highest BCUT2D eigenvalue weighted by molar-refractivity contribution is 7.89. The van der Waals surface area contributed by atoms with Crippen LogP contribution in [0.4, 0.5) is 0 Å². The smallest absolute Gasteiger partial charge is 0.256 e. The van der Waals surface area contributed by atoms with Crippen LogP contribution in [0.5, 0.6) is 5.75 Å². The number of nitrogens with two attached hydrogens (primary N) is 1. The molecule has 0 aliphatic carbocycles.